The molecule has 174 valence electrons. The Morgan fingerprint density at radius 1 is 1.00 bits per heavy atom. The van der Waals surface area contributed by atoms with Gasteiger partial charge >= 0.3 is 0 Å². The Balaban J connectivity index is 1.20. The highest BCUT2D eigenvalue weighted by atomic mass is 16.5. The number of β-amino-alcohol motifs (C(OH)–C–C–N with tert-alkyl or cyclic N) is 1. The van der Waals surface area contributed by atoms with Crippen molar-refractivity contribution in [1.29, 1.82) is 0 Å². The number of anilines is 2. The summed E-state index contributed by atoms with van der Waals surface area (Å²) in [6, 6.07) is 13.7. The van der Waals surface area contributed by atoms with Crippen LogP contribution < -0.4 is 24.8 Å². The highest BCUT2D eigenvalue weighted by molar-refractivity contribution is 5.52. The highest BCUT2D eigenvalue weighted by Crippen LogP contribution is 2.29. The zero-order valence-electron chi connectivity index (χ0n) is 18.9. The van der Waals surface area contributed by atoms with Gasteiger partial charge < -0.3 is 30.0 Å². The van der Waals surface area contributed by atoms with Crippen LogP contribution in [0.15, 0.2) is 42.5 Å². The average Bonchev–Trinajstić information content (AvgIpc) is 3.32. The van der Waals surface area contributed by atoms with Crippen molar-refractivity contribution in [3.63, 3.8) is 0 Å². The van der Waals surface area contributed by atoms with Crippen molar-refractivity contribution >= 4 is 11.4 Å². The van der Waals surface area contributed by atoms with E-state index >= 15 is 0 Å². The van der Waals surface area contributed by atoms with Crippen LogP contribution in [0.5, 0.6) is 17.2 Å². The Kier molecular flexibility index (Phi) is 7.60. The molecule has 0 unspecified atom stereocenters. The van der Waals surface area contributed by atoms with Gasteiger partial charge in [-0.05, 0) is 62.1 Å². The summed E-state index contributed by atoms with van der Waals surface area (Å²) in [5, 5.41) is 10.5. The van der Waals surface area contributed by atoms with Gasteiger partial charge in [-0.15, -0.1) is 0 Å². The second-order valence-corrected chi connectivity index (χ2v) is 8.68. The number of aliphatic hydroxyl groups excluding tert-OH is 1. The standard InChI is InChI=1S/C25H35N3O4/c1-30-24-11-6-19(26)16-25(24)31-18-21(29)17-27-12-14-28(15-13-27)20-7-9-23(10-8-20)32-22-4-2-3-5-22/h6-11,16,21-22,29H,2-5,12-15,17-18,26H2,1H3/t21-/m0/s1. The van der Waals surface area contributed by atoms with Crippen LogP contribution >= 0.6 is 0 Å². The van der Waals surface area contributed by atoms with Crippen molar-refractivity contribution in [2.45, 2.75) is 37.9 Å². The number of hydrogen-bond acceptors (Lipinski definition) is 7. The van der Waals surface area contributed by atoms with Crippen LogP contribution in [-0.4, -0.2) is 68.7 Å². The minimum atomic E-state index is -0.584. The molecule has 0 amide bonds. The van der Waals surface area contributed by atoms with Crippen LogP contribution in [0.2, 0.25) is 0 Å². The van der Waals surface area contributed by atoms with Crippen LogP contribution in [0, 0.1) is 0 Å². The quantitative estimate of drug-likeness (QED) is 0.579. The maximum absolute atomic E-state index is 10.5. The lowest BCUT2D eigenvalue weighted by atomic mass is 10.2. The summed E-state index contributed by atoms with van der Waals surface area (Å²) in [7, 11) is 1.59. The number of nitrogen functional groups attached to an aromatic ring is 1. The molecule has 2 aromatic carbocycles. The molecule has 0 bridgehead atoms. The molecule has 2 aromatic rings. The van der Waals surface area contributed by atoms with Gasteiger partial charge in [0.25, 0.3) is 0 Å². The van der Waals surface area contributed by atoms with E-state index in [2.05, 4.69) is 34.1 Å². The predicted molar refractivity (Wildman–Crippen MR) is 127 cm³/mol. The first-order valence-corrected chi connectivity index (χ1v) is 11.6. The second-order valence-electron chi connectivity index (χ2n) is 8.68. The number of ether oxygens (including phenoxy) is 3. The van der Waals surface area contributed by atoms with E-state index in [0.717, 1.165) is 31.9 Å². The van der Waals surface area contributed by atoms with Gasteiger partial charge in [0.15, 0.2) is 11.5 Å². The fourth-order valence-corrected chi connectivity index (χ4v) is 4.47. The molecule has 1 saturated carbocycles. The van der Waals surface area contributed by atoms with E-state index in [0.29, 0.717) is 29.8 Å². The first kappa shape index (κ1) is 22.6. The number of rotatable bonds is 9. The molecule has 1 heterocycles. The normalized spacial score (nSPS) is 18.5. The largest absolute Gasteiger partial charge is 0.493 e. The average molecular weight is 442 g/mol. The lowest BCUT2D eigenvalue weighted by molar-refractivity contribution is 0.0653. The molecule has 1 saturated heterocycles. The summed E-state index contributed by atoms with van der Waals surface area (Å²) >= 11 is 0. The molecule has 7 heteroatoms. The molecule has 0 aromatic heterocycles. The van der Waals surface area contributed by atoms with Gasteiger partial charge in [-0.3, -0.25) is 4.90 Å². The zero-order chi connectivity index (χ0) is 22.3. The van der Waals surface area contributed by atoms with Crippen LogP contribution in [-0.2, 0) is 0 Å². The molecule has 2 aliphatic rings. The van der Waals surface area contributed by atoms with Crippen molar-refractivity contribution in [2.75, 3.05) is 57.1 Å². The summed E-state index contributed by atoms with van der Waals surface area (Å²) in [4.78, 5) is 4.66. The van der Waals surface area contributed by atoms with Crippen molar-refractivity contribution < 1.29 is 19.3 Å². The van der Waals surface area contributed by atoms with E-state index in [4.69, 9.17) is 19.9 Å². The summed E-state index contributed by atoms with van der Waals surface area (Å²) < 4.78 is 17.1. The van der Waals surface area contributed by atoms with E-state index in [-0.39, 0.29) is 6.61 Å². The first-order chi connectivity index (χ1) is 15.6. The lowest BCUT2D eigenvalue weighted by Crippen LogP contribution is -2.49. The topological polar surface area (TPSA) is 80.4 Å². The fourth-order valence-electron chi connectivity index (χ4n) is 4.47. The first-order valence-electron chi connectivity index (χ1n) is 11.6. The molecule has 7 nitrogen and oxygen atoms in total. The van der Waals surface area contributed by atoms with E-state index < -0.39 is 6.10 Å². The Bertz CT molecular complexity index is 847. The third-order valence-electron chi connectivity index (χ3n) is 6.27. The summed E-state index contributed by atoms with van der Waals surface area (Å²) in [6.07, 6.45) is 4.72. The Morgan fingerprint density at radius 2 is 1.72 bits per heavy atom. The molecular formula is C25H35N3O4. The molecule has 4 rings (SSSR count). The van der Waals surface area contributed by atoms with E-state index in [9.17, 15) is 5.11 Å². The maximum atomic E-state index is 10.5. The molecule has 0 radical (unpaired) electrons. The minimum absolute atomic E-state index is 0.197. The fraction of sp³-hybridized carbons (Fsp3) is 0.520. The third kappa shape index (κ3) is 5.99. The number of nitrogens with zero attached hydrogens (tertiary/aromatic N) is 2. The van der Waals surface area contributed by atoms with Crippen LogP contribution in [0.25, 0.3) is 0 Å². The minimum Gasteiger partial charge on any atom is -0.493 e. The number of methoxy groups -OCH3 is 1. The maximum Gasteiger partial charge on any atom is 0.163 e. The number of hydrogen-bond donors (Lipinski definition) is 2. The Labute approximate surface area is 190 Å². The van der Waals surface area contributed by atoms with Gasteiger partial charge in [0.05, 0.1) is 13.2 Å². The third-order valence-corrected chi connectivity index (χ3v) is 6.27. The summed E-state index contributed by atoms with van der Waals surface area (Å²) in [5.41, 5.74) is 7.65. The van der Waals surface area contributed by atoms with Gasteiger partial charge in [-0.25, -0.2) is 0 Å². The van der Waals surface area contributed by atoms with Gasteiger partial charge in [0.1, 0.15) is 18.5 Å². The molecule has 1 atom stereocenters. The van der Waals surface area contributed by atoms with Crippen molar-refractivity contribution in [3.8, 4) is 17.2 Å². The zero-order valence-corrected chi connectivity index (χ0v) is 18.9. The molecule has 1 aliphatic heterocycles. The number of aliphatic hydroxyl groups is 1. The molecule has 3 N–H and O–H groups in total. The van der Waals surface area contributed by atoms with E-state index in [1.54, 1.807) is 25.3 Å². The van der Waals surface area contributed by atoms with Crippen molar-refractivity contribution in [1.82, 2.24) is 4.90 Å². The van der Waals surface area contributed by atoms with Crippen LogP contribution in [0.3, 0.4) is 0 Å². The Morgan fingerprint density at radius 3 is 2.41 bits per heavy atom. The molecular weight excluding hydrogens is 406 g/mol. The molecule has 1 aliphatic carbocycles. The van der Waals surface area contributed by atoms with Crippen molar-refractivity contribution in [3.05, 3.63) is 42.5 Å². The lowest BCUT2D eigenvalue weighted by Gasteiger charge is -2.37. The molecule has 32 heavy (non-hydrogen) atoms. The highest BCUT2D eigenvalue weighted by Gasteiger charge is 2.21. The van der Waals surface area contributed by atoms with Crippen molar-refractivity contribution in [2.24, 2.45) is 0 Å². The van der Waals surface area contributed by atoms with Crippen LogP contribution in [0.4, 0.5) is 11.4 Å². The number of benzene rings is 2. The Hall–Kier alpha value is -2.64. The molecule has 2 fully saturated rings. The van der Waals surface area contributed by atoms with Crippen LogP contribution in [0.1, 0.15) is 25.7 Å². The van der Waals surface area contributed by atoms with Gasteiger partial charge in [-0.2, -0.15) is 0 Å². The van der Waals surface area contributed by atoms with Gasteiger partial charge in [-0.1, -0.05) is 0 Å². The smallest absolute Gasteiger partial charge is 0.163 e. The summed E-state index contributed by atoms with van der Waals surface area (Å²) in [5.74, 6) is 2.13. The summed E-state index contributed by atoms with van der Waals surface area (Å²) in [6.45, 7) is 4.44. The SMILES string of the molecule is COc1ccc(N)cc1OC[C@@H](O)CN1CCN(c2ccc(OC3CCCC3)cc2)CC1. The van der Waals surface area contributed by atoms with Gasteiger partial charge in [0, 0.05) is 50.2 Å². The van der Waals surface area contributed by atoms with Gasteiger partial charge in [0.2, 0.25) is 0 Å². The predicted octanol–water partition coefficient (Wildman–Crippen LogP) is 3.16. The van der Waals surface area contributed by atoms with E-state index in [1.807, 2.05) is 0 Å². The monoisotopic (exact) mass is 441 g/mol. The molecule has 0 spiro atoms. The second kappa shape index (κ2) is 10.8. The van der Waals surface area contributed by atoms with E-state index in [1.165, 1.54) is 31.4 Å². The number of piperazine rings is 1. The number of nitrogens with two attached hydrogens (primary N) is 1.